The predicted molar refractivity (Wildman–Crippen MR) is 83.4 cm³/mol. The lowest BCUT2D eigenvalue weighted by atomic mass is 9.94. The summed E-state index contributed by atoms with van der Waals surface area (Å²) in [5, 5.41) is 15.8. The molecule has 2 aromatic rings. The number of rotatable bonds is 4. The molecule has 1 fully saturated rings. The molecule has 1 aliphatic heterocycles. The summed E-state index contributed by atoms with van der Waals surface area (Å²) in [6, 6.07) is 11.6. The molecule has 0 bridgehead atoms. The van der Waals surface area contributed by atoms with Crippen molar-refractivity contribution in [1.82, 2.24) is 10.2 Å². The van der Waals surface area contributed by atoms with Crippen molar-refractivity contribution in [2.45, 2.75) is 12.5 Å². The Labute approximate surface area is 124 Å². The molecule has 21 heavy (non-hydrogen) atoms. The van der Waals surface area contributed by atoms with Crippen LogP contribution in [0.2, 0.25) is 0 Å². The molecule has 0 aliphatic carbocycles. The van der Waals surface area contributed by atoms with E-state index in [0.717, 1.165) is 42.5 Å². The van der Waals surface area contributed by atoms with Crippen molar-refractivity contribution in [2.24, 2.45) is 0 Å². The van der Waals surface area contributed by atoms with Crippen molar-refractivity contribution < 1.29 is 9.50 Å². The first-order valence-corrected chi connectivity index (χ1v) is 7.52. The summed E-state index contributed by atoms with van der Waals surface area (Å²) in [4.78, 5) is 2.28. The fourth-order valence-corrected chi connectivity index (χ4v) is 3.24. The normalized spacial score (nSPS) is 18.0. The minimum atomic E-state index is -0.378. The number of hydrogen-bond acceptors (Lipinski definition) is 3. The van der Waals surface area contributed by atoms with Crippen molar-refractivity contribution in [1.29, 1.82) is 0 Å². The molecule has 1 saturated heterocycles. The molecule has 2 aromatic carbocycles. The Bertz CT molecular complexity index is 611. The number of benzene rings is 2. The smallest absolute Gasteiger partial charge is 0.121 e. The summed E-state index contributed by atoms with van der Waals surface area (Å²) >= 11 is 0. The number of nitrogens with one attached hydrogen (secondary N) is 1. The number of phenolic OH excluding ortho intramolecular Hbond substituents is 1. The van der Waals surface area contributed by atoms with E-state index < -0.39 is 0 Å². The lowest BCUT2D eigenvalue weighted by Gasteiger charge is -2.35. The van der Waals surface area contributed by atoms with Crippen molar-refractivity contribution in [3.05, 3.63) is 42.0 Å². The average molecular weight is 288 g/mol. The van der Waals surface area contributed by atoms with Crippen molar-refractivity contribution in [2.75, 3.05) is 32.9 Å². The Morgan fingerprint density at radius 1 is 1.14 bits per heavy atom. The van der Waals surface area contributed by atoms with Gasteiger partial charge in [-0.05, 0) is 23.3 Å². The predicted octanol–water partition coefficient (Wildman–Crippen LogP) is 2.85. The highest BCUT2D eigenvalue weighted by molar-refractivity contribution is 5.88. The zero-order chi connectivity index (χ0) is 14.7. The highest BCUT2D eigenvalue weighted by atomic mass is 19.1. The number of alkyl halides is 1. The van der Waals surface area contributed by atoms with Crippen LogP contribution in [0.3, 0.4) is 0 Å². The van der Waals surface area contributed by atoms with Gasteiger partial charge in [0.2, 0.25) is 0 Å². The number of nitrogens with zero attached hydrogens (tertiary/aromatic N) is 1. The van der Waals surface area contributed by atoms with Gasteiger partial charge < -0.3 is 10.4 Å². The molecule has 0 radical (unpaired) electrons. The van der Waals surface area contributed by atoms with Gasteiger partial charge in [0, 0.05) is 37.8 Å². The second-order valence-corrected chi connectivity index (χ2v) is 5.50. The van der Waals surface area contributed by atoms with Gasteiger partial charge in [-0.3, -0.25) is 9.29 Å². The Kier molecular flexibility index (Phi) is 4.36. The Morgan fingerprint density at radius 2 is 1.90 bits per heavy atom. The third kappa shape index (κ3) is 2.87. The van der Waals surface area contributed by atoms with E-state index in [4.69, 9.17) is 0 Å². The zero-order valence-electron chi connectivity index (χ0n) is 12.1. The van der Waals surface area contributed by atoms with E-state index in [1.54, 1.807) is 6.07 Å². The van der Waals surface area contributed by atoms with E-state index in [1.165, 1.54) is 0 Å². The minimum Gasteiger partial charge on any atom is -0.508 e. The van der Waals surface area contributed by atoms with Gasteiger partial charge >= 0.3 is 0 Å². The molecule has 0 aromatic heterocycles. The largest absolute Gasteiger partial charge is 0.508 e. The molecule has 4 heteroatoms. The van der Waals surface area contributed by atoms with Crippen LogP contribution >= 0.6 is 0 Å². The van der Waals surface area contributed by atoms with Crippen LogP contribution in [-0.4, -0.2) is 42.9 Å². The van der Waals surface area contributed by atoms with Gasteiger partial charge in [-0.15, -0.1) is 0 Å². The van der Waals surface area contributed by atoms with Gasteiger partial charge in [0.25, 0.3) is 0 Å². The van der Waals surface area contributed by atoms with Gasteiger partial charge in [0.15, 0.2) is 0 Å². The van der Waals surface area contributed by atoms with Crippen molar-refractivity contribution >= 4 is 10.8 Å². The van der Waals surface area contributed by atoms with Crippen LogP contribution in [0, 0.1) is 0 Å². The summed E-state index contributed by atoms with van der Waals surface area (Å²) in [7, 11) is 0. The van der Waals surface area contributed by atoms with Crippen molar-refractivity contribution in [3.63, 3.8) is 0 Å². The second kappa shape index (κ2) is 6.41. The monoisotopic (exact) mass is 288 g/mol. The standard InChI is InChI=1S/C17H21FN2O/c18-8-7-15(20-11-9-19-10-12-20)17-14-4-2-1-3-13(14)5-6-16(17)21/h1-6,15,19,21H,7-12H2/t15-/m0/s1. The molecular weight excluding hydrogens is 267 g/mol. The highest BCUT2D eigenvalue weighted by Crippen LogP contribution is 2.37. The number of aromatic hydroxyl groups is 1. The SMILES string of the molecule is Oc1ccc2ccccc2c1[C@H](CCF)N1CCNCC1. The van der Waals surface area contributed by atoms with E-state index in [1.807, 2.05) is 30.3 Å². The fourth-order valence-electron chi connectivity index (χ4n) is 3.24. The first-order valence-electron chi connectivity index (χ1n) is 7.52. The van der Waals surface area contributed by atoms with E-state index >= 15 is 0 Å². The topological polar surface area (TPSA) is 35.5 Å². The van der Waals surface area contributed by atoms with Crippen LogP contribution in [-0.2, 0) is 0 Å². The molecule has 0 saturated carbocycles. The lowest BCUT2D eigenvalue weighted by Crippen LogP contribution is -2.45. The zero-order valence-corrected chi connectivity index (χ0v) is 12.1. The maximum atomic E-state index is 13.1. The first kappa shape index (κ1) is 14.3. The quantitative estimate of drug-likeness (QED) is 0.908. The van der Waals surface area contributed by atoms with Gasteiger partial charge in [0.1, 0.15) is 5.75 Å². The number of halogens is 1. The van der Waals surface area contributed by atoms with E-state index in [0.29, 0.717) is 6.42 Å². The Hall–Kier alpha value is -1.65. The number of piperazine rings is 1. The van der Waals surface area contributed by atoms with Crippen LogP contribution in [0.1, 0.15) is 18.0 Å². The van der Waals surface area contributed by atoms with Crippen LogP contribution in [0.15, 0.2) is 36.4 Å². The molecule has 1 heterocycles. The number of fused-ring (bicyclic) bond motifs is 1. The third-order valence-electron chi connectivity index (χ3n) is 4.26. The molecule has 3 nitrogen and oxygen atoms in total. The van der Waals surface area contributed by atoms with E-state index in [-0.39, 0.29) is 18.5 Å². The van der Waals surface area contributed by atoms with Crippen LogP contribution in [0.4, 0.5) is 4.39 Å². The molecule has 0 spiro atoms. The van der Waals surface area contributed by atoms with Gasteiger partial charge in [-0.1, -0.05) is 30.3 Å². The maximum absolute atomic E-state index is 13.1. The summed E-state index contributed by atoms with van der Waals surface area (Å²) in [5.74, 6) is 0.269. The minimum absolute atomic E-state index is 0.0665. The first-order chi connectivity index (χ1) is 10.3. The Balaban J connectivity index is 2.07. The van der Waals surface area contributed by atoms with Gasteiger partial charge in [0.05, 0.1) is 6.67 Å². The molecule has 1 atom stereocenters. The summed E-state index contributed by atoms with van der Waals surface area (Å²) in [5.41, 5.74) is 0.868. The Morgan fingerprint density at radius 3 is 2.67 bits per heavy atom. The van der Waals surface area contributed by atoms with E-state index in [2.05, 4.69) is 10.2 Å². The average Bonchev–Trinajstić information content (AvgIpc) is 2.54. The summed E-state index contributed by atoms with van der Waals surface area (Å²) < 4.78 is 13.1. The van der Waals surface area contributed by atoms with Gasteiger partial charge in [-0.2, -0.15) is 0 Å². The molecule has 3 rings (SSSR count). The molecule has 0 unspecified atom stereocenters. The lowest BCUT2D eigenvalue weighted by molar-refractivity contribution is 0.156. The van der Waals surface area contributed by atoms with Crippen molar-refractivity contribution in [3.8, 4) is 5.75 Å². The molecule has 0 amide bonds. The second-order valence-electron chi connectivity index (χ2n) is 5.50. The van der Waals surface area contributed by atoms with Crippen LogP contribution in [0.25, 0.3) is 10.8 Å². The van der Waals surface area contributed by atoms with Crippen LogP contribution < -0.4 is 5.32 Å². The van der Waals surface area contributed by atoms with Gasteiger partial charge in [-0.25, -0.2) is 0 Å². The molecule has 112 valence electrons. The summed E-state index contributed by atoms with van der Waals surface area (Å²) in [6.45, 7) is 3.21. The summed E-state index contributed by atoms with van der Waals surface area (Å²) in [6.07, 6.45) is 0.418. The number of phenols is 1. The third-order valence-corrected chi connectivity index (χ3v) is 4.26. The maximum Gasteiger partial charge on any atom is 0.121 e. The molecule has 1 aliphatic rings. The molecular formula is C17H21FN2O. The van der Waals surface area contributed by atoms with E-state index in [9.17, 15) is 9.50 Å². The fraction of sp³-hybridized carbons (Fsp3) is 0.412. The van der Waals surface area contributed by atoms with Crippen LogP contribution in [0.5, 0.6) is 5.75 Å². The number of hydrogen-bond donors (Lipinski definition) is 2. The molecule has 2 N–H and O–H groups in total. The highest BCUT2D eigenvalue weighted by Gasteiger charge is 2.25.